The standard InChI is InChI=1S/C12H18N2/c13-7-1-3-10-5-6-11-4-2-8-14-12(11)9-10/h5-6,9,14H,1-4,7-8,13H2. The van der Waals surface area contributed by atoms with E-state index in [1.54, 1.807) is 0 Å². The van der Waals surface area contributed by atoms with Crippen molar-refractivity contribution in [3.05, 3.63) is 29.3 Å². The average Bonchev–Trinajstić information content (AvgIpc) is 2.26. The molecule has 0 amide bonds. The number of anilines is 1. The van der Waals surface area contributed by atoms with Gasteiger partial charge in [-0.05, 0) is 49.4 Å². The molecule has 76 valence electrons. The lowest BCUT2D eigenvalue weighted by molar-refractivity contribution is 0.815. The highest BCUT2D eigenvalue weighted by Gasteiger charge is 2.07. The van der Waals surface area contributed by atoms with Crippen molar-refractivity contribution in [2.75, 3.05) is 18.4 Å². The van der Waals surface area contributed by atoms with Gasteiger partial charge in [0.25, 0.3) is 0 Å². The van der Waals surface area contributed by atoms with E-state index in [1.807, 2.05) is 0 Å². The molecule has 0 spiro atoms. The van der Waals surface area contributed by atoms with Crippen LogP contribution in [0.4, 0.5) is 5.69 Å². The van der Waals surface area contributed by atoms with Gasteiger partial charge >= 0.3 is 0 Å². The van der Waals surface area contributed by atoms with Gasteiger partial charge < -0.3 is 11.1 Å². The van der Waals surface area contributed by atoms with Gasteiger partial charge in [0.1, 0.15) is 0 Å². The second-order valence-corrected chi connectivity index (χ2v) is 3.91. The van der Waals surface area contributed by atoms with Gasteiger partial charge in [-0.15, -0.1) is 0 Å². The molecule has 0 unspecified atom stereocenters. The number of rotatable bonds is 3. The second kappa shape index (κ2) is 4.47. The van der Waals surface area contributed by atoms with E-state index in [9.17, 15) is 0 Å². The second-order valence-electron chi connectivity index (χ2n) is 3.91. The highest BCUT2D eigenvalue weighted by Crippen LogP contribution is 2.23. The summed E-state index contributed by atoms with van der Waals surface area (Å²) in [6.45, 7) is 1.90. The Morgan fingerprint density at radius 3 is 3.14 bits per heavy atom. The van der Waals surface area contributed by atoms with Gasteiger partial charge in [0, 0.05) is 12.2 Å². The maximum absolute atomic E-state index is 5.50. The first-order valence-electron chi connectivity index (χ1n) is 5.46. The predicted molar refractivity (Wildman–Crippen MR) is 60.6 cm³/mol. The molecule has 0 fully saturated rings. The van der Waals surface area contributed by atoms with Crippen LogP contribution in [0, 0.1) is 0 Å². The lowest BCUT2D eigenvalue weighted by Crippen LogP contribution is -2.12. The average molecular weight is 190 g/mol. The summed E-state index contributed by atoms with van der Waals surface area (Å²) in [7, 11) is 0. The summed E-state index contributed by atoms with van der Waals surface area (Å²) in [5.41, 5.74) is 9.71. The fraction of sp³-hybridized carbons (Fsp3) is 0.500. The largest absolute Gasteiger partial charge is 0.385 e. The third-order valence-corrected chi connectivity index (χ3v) is 2.78. The number of hydrogen-bond acceptors (Lipinski definition) is 2. The SMILES string of the molecule is NCCCc1ccc2c(c1)NCCC2. The minimum Gasteiger partial charge on any atom is -0.385 e. The molecular formula is C12H18N2. The van der Waals surface area contributed by atoms with Crippen LogP contribution in [-0.2, 0) is 12.8 Å². The summed E-state index contributed by atoms with van der Waals surface area (Å²) in [4.78, 5) is 0. The molecule has 0 saturated carbocycles. The normalized spacial score (nSPS) is 14.6. The Morgan fingerprint density at radius 1 is 1.36 bits per heavy atom. The molecule has 1 aromatic carbocycles. The zero-order valence-corrected chi connectivity index (χ0v) is 8.55. The summed E-state index contributed by atoms with van der Waals surface area (Å²) < 4.78 is 0. The van der Waals surface area contributed by atoms with E-state index < -0.39 is 0 Å². The Bertz CT molecular complexity index is 307. The third-order valence-electron chi connectivity index (χ3n) is 2.78. The molecule has 3 N–H and O–H groups in total. The van der Waals surface area contributed by atoms with Crippen molar-refractivity contribution in [3.8, 4) is 0 Å². The van der Waals surface area contributed by atoms with Crippen molar-refractivity contribution in [2.24, 2.45) is 5.73 Å². The van der Waals surface area contributed by atoms with E-state index in [0.717, 1.165) is 25.9 Å². The molecule has 1 aliphatic rings. The summed E-state index contributed by atoms with van der Waals surface area (Å²) in [5.74, 6) is 0. The molecule has 2 heteroatoms. The molecule has 2 nitrogen and oxygen atoms in total. The molecular weight excluding hydrogens is 172 g/mol. The first-order valence-corrected chi connectivity index (χ1v) is 5.46. The first kappa shape index (κ1) is 9.53. The van der Waals surface area contributed by atoms with E-state index >= 15 is 0 Å². The minimum atomic E-state index is 0.782. The number of benzene rings is 1. The van der Waals surface area contributed by atoms with E-state index in [2.05, 4.69) is 23.5 Å². The molecule has 0 bridgehead atoms. The van der Waals surface area contributed by atoms with Crippen LogP contribution >= 0.6 is 0 Å². The van der Waals surface area contributed by atoms with Crippen molar-refractivity contribution >= 4 is 5.69 Å². The number of nitrogens with two attached hydrogens (primary N) is 1. The lowest BCUT2D eigenvalue weighted by Gasteiger charge is -2.18. The van der Waals surface area contributed by atoms with E-state index in [1.165, 1.54) is 29.7 Å². The van der Waals surface area contributed by atoms with Gasteiger partial charge in [0.05, 0.1) is 0 Å². The van der Waals surface area contributed by atoms with Crippen LogP contribution in [0.5, 0.6) is 0 Å². The third kappa shape index (κ3) is 2.07. The van der Waals surface area contributed by atoms with Gasteiger partial charge in [0.15, 0.2) is 0 Å². The summed E-state index contributed by atoms with van der Waals surface area (Å²) in [6.07, 6.45) is 4.67. The van der Waals surface area contributed by atoms with Crippen molar-refractivity contribution in [2.45, 2.75) is 25.7 Å². The van der Waals surface area contributed by atoms with Crippen molar-refractivity contribution in [1.29, 1.82) is 0 Å². The maximum Gasteiger partial charge on any atom is 0.0375 e. The van der Waals surface area contributed by atoms with Crippen molar-refractivity contribution < 1.29 is 0 Å². The lowest BCUT2D eigenvalue weighted by atomic mass is 9.99. The molecule has 0 saturated heterocycles. The number of nitrogens with one attached hydrogen (secondary N) is 1. The number of aryl methyl sites for hydroxylation is 2. The summed E-state index contributed by atoms with van der Waals surface area (Å²) in [5, 5.41) is 3.45. The Kier molecular flexibility index (Phi) is 3.04. The fourth-order valence-electron chi connectivity index (χ4n) is 1.97. The van der Waals surface area contributed by atoms with Gasteiger partial charge in [0.2, 0.25) is 0 Å². The van der Waals surface area contributed by atoms with Crippen LogP contribution in [0.1, 0.15) is 24.0 Å². The van der Waals surface area contributed by atoms with Crippen LogP contribution in [0.15, 0.2) is 18.2 Å². The molecule has 0 aliphatic carbocycles. The number of fused-ring (bicyclic) bond motifs is 1. The topological polar surface area (TPSA) is 38.0 Å². The van der Waals surface area contributed by atoms with Gasteiger partial charge in [-0.25, -0.2) is 0 Å². The van der Waals surface area contributed by atoms with Gasteiger partial charge in [-0.2, -0.15) is 0 Å². The molecule has 1 heterocycles. The van der Waals surface area contributed by atoms with Gasteiger partial charge in [-0.1, -0.05) is 12.1 Å². The molecule has 1 aliphatic heterocycles. The van der Waals surface area contributed by atoms with E-state index in [-0.39, 0.29) is 0 Å². The zero-order chi connectivity index (χ0) is 9.80. The molecule has 0 radical (unpaired) electrons. The van der Waals surface area contributed by atoms with Crippen molar-refractivity contribution in [1.82, 2.24) is 0 Å². The molecule has 0 atom stereocenters. The molecule has 0 aromatic heterocycles. The van der Waals surface area contributed by atoms with E-state index in [4.69, 9.17) is 5.73 Å². The first-order chi connectivity index (χ1) is 6.90. The molecule has 1 aromatic rings. The zero-order valence-electron chi connectivity index (χ0n) is 8.55. The number of hydrogen-bond donors (Lipinski definition) is 2. The Morgan fingerprint density at radius 2 is 2.29 bits per heavy atom. The van der Waals surface area contributed by atoms with Crippen LogP contribution in [0.25, 0.3) is 0 Å². The van der Waals surface area contributed by atoms with Crippen molar-refractivity contribution in [3.63, 3.8) is 0 Å². The van der Waals surface area contributed by atoms with Crippen LogP contribution in [0.3, 0.4) is 0 Å². The highest BCUT2D eigenvalue weighted by molar-refractivity contribution is 5.54. The molecule has 2 rings (SSSR count). The Balaban J connectivity index is 2.12. The Labute approximate surface area is 85.5 Å². The van der Waals surface area contributed by atoms with Crippen LogP contribution < -0.4 is 11.1 Å². The predicted octanol–water partition coefficient (Wildman–Crippen LogP) is 1.94. The Hall–Kier alpha value is -1.02. The monoisotopic (exact) mass is 190 g/mol. The van der Waals surface area contributed by atoms with Gasteiger partial charge in [-0.3, -0.25) is 0 Å². The van der Waals surface area contributed by atoms with E-state index in [0.29, 0.717) is 0 Å². The quantitative estimate of drug-likeness (QED) is 0.764. The highest BCUT2D eigenvalue weighted by atomic mass is 14.9. The summed E-state index contributed by atoms with van der Waals surface area (Å²) >= 11 is 0. The smallest absolute Gasteiger partial charge is 0.0375 e. The van der Waals surface area contributed by atoms with Crippen LogP contribution in [0.2, 0.25) is 0 Å². The maximum atomic E-state index is 5.50. The molecule has 14 heavy (non-hydrogen) atoms. The van der Waals surface area contributed by atoms with Crippen LogP contribution in [-0.4, -0.2) is 13.1 Å². The fourth-order valence-corrected chi connectivity index (χ4v) is 1.97. The summed E-state index contributed by atoms with van der Waals surface area (Å²) in [6, 6.07) is 6.78. The minimum absolute atomic E-state index is 0.782.